The van der Waals surface area contributed by atoms with Gasteiger partial charge in [-0.15, -0.1) is 0 Å². The zero-order valence-corrected chi connectivity index (χ0v) is 12.4. The van der Waals surface area contributed by atoms with Gasteiger partial charge in [-0.25, -0.2) is 9.18 Å². The van der Waals surface area contributed by atoms with Gasteiger partial charge in [0, 0.05) is 5.69 Å². The van der Waals surface area contributed by atoms with Gasteiger partial charge in [-0.3, -0.25) is 4.79 Å². The van der Waals surface area contributed by atoms with Gasteiger partial charge in [0.25, 0.3) is 0 Å². The number of amides is 1. The van der Waals surface area contributed by atoms with Crippen LogP contribution in [0.15, 0.2) is 42.5 Å². The fourth-order valence-electron chi connectivity index (χ4n) is 2.01. The summed E-state index contributed by atoms with van der Waals surface area (Å²) in [5.74, 6) is -1.25. The Morgan fingerprint density at radius 2 is 1.91 bits per heavy atom. The molecule has 5 heteroatoms. The van der Waals surface area contributed by atoms with E-state index in [1.807, 2.05) is 0 Å². The molecular weight excluding hydrogens is 285 g/mol. The zero-order valence-electron chi connectivity index (χ0n) is 12.4. The van der Waals surface area contributed by atoms with Crippen molar-refractivity contribution in [2.45, 2.75) is 13.3 Å². The molecule has 114 valence electrons. The Morgan fingerprint density at radius 3 is 2.59 bits per heavy atom. The summed E-state index contributed by atoms with van der Waals surface area (Å²) in [7, 11) is 1.29. The van der Waals surface area contributed by atoms with Crippen LogP contribution in [0.3, 0.4) is 0 Å². The molecule has 2 rings (SSSR count). The van der Waals surface area contributed by atoms with E-state index in [1.54, 1.807) is 43.3 Å². The molecule has 0 unspecified atom stereocenters. The minimum absolute atomic E-state index is 0.0748. The Morgan fingerprint density at radius 1 is 1.18 bits per heavy atom. The van der Waals surface area contributed by atoms with Gasteiger partial charge in [0.05, 0.1) is 19.1 Å². The van der Waals surface area contributed by atoms with Crippen LogP contribution in [-0.4, -0.2) is 19.0 Å². The number of anilines is 1. The van der Waals surface area contributed by atoms with Gasteiger partial charge in [0.2, 0.25) is 5.91 Å². The van der Waals surface area contributed by atoms with Crippen LogP contribution in [0.25, 0.3) is 0 Å². The Bertz CT molecular complexity index is 713. The average Bonchev–Trinajstić information content (AvgIpc) is 2.51. The van der Waals surface area contributed by atoms with E-state index in [4.69, 9.17) is 0 Å². The van der Waals surface area contributed by atoms with Crippen molar-refractivity contribution in [2.75, 3.05) is 12.4 Å². The van der Waals surface area contributed by atoms with Gasteiger partial charge in [-0.2, -0.15) is 0 Å². The molecule has 0 bridgehead atoms. The third kappa shape index (κ3) is 3.69. The summed E-state index contributed by atoms with van der Waals surface area (Å²) in [6.07, 6.45) is -0.0748. The minimum Gasteiger partial charge on any atom is -0.465 e. The van der Waals surface area contributed by atoms with Crippen molar-refractivity contribution in [3.05, 3.63) is 65.0 Å². The summed E-state index contributed by atoms with van der Waals surface area (Å²) in [5, 5.41) is 2.69. The van der Waals surface area contributed by atoms with Gasteiger partial charge in [0.15, 0.2) is 0 Å². The van der Waals surface area contributed by atoms with E-state index in [2.05, 4.69) is 10.1 Å². The molecule has 0 aliphatic carbocycles. The second-order valence-electron chi connectivity index (χ2n) is 4.84. The first-order valence-electron chi connectivity index (χ1n) is 6.73. The van der Waals surface area contributed by atoms with Crippen LogP contribution in [0.2, 0.25) is 0 Å². The van der Waals surface area contributed by atoms with Crippen molar-refractivity contribution < 1.29 is 18.7 Å². The van der Waals surface area contributed by atoms with Crippen LogP contribution < -0.4 is 5.32 Å². The van der Waals surface area contributed by atoms with E-state index in [1.165, 1.54) is 13.2 Å². The summed E-state index contributed by atoms with van der Waals surface area (Å²) in [6, 6.07) is 11.0. The molecule has 0 aromatic heterocycles. The molecule has 0 saturated carbocycles. The van der Waals surface area contributed by atoms with Crippen molar-refractivity contribution >= 4 is 17.6 Å². The van der Waals surface area contributed by atoms with Crippen molar-refractivity contribution in [3.63, 3.8) is 0 Å². The summed E-state index contributed by atoms with van der Waals surface area (Å²) < 4.78 is 18.2. The lowest BCUT2D eigenvalue weighted by molar-refractivity contribution is -0.115. The van der Waals surface area contributed by atoms with Crippen molar-refractivity contribution in [1.29, 1.82) is 0 Å². The van der Waals surface area contributed by atoms with Crippen LogP contribution in [0.1, 0.15) is 21.5 Å². The van der Waals surface area contributed by atoms with Gasteiger partial charge in [-0.1, -0.05) is 24.3 Å². The molecule has 2 aromatic carbocycles. The predicted molar refractivity (Wildman–Crippen MR) is 81.3 cm³/mol. The number of esters is 1. The van der Waals surface area contributed by atoms with E-state index in [0.717, 1.165) is 5.56 Å². The van der Waals surface area contributed by atoms with Gasteiger partial charge < -0.3 is 10.1 Å². The number of halogens is 1. The lowest BCUT2D eigenvalue weighted by Crippen LogP contribution is -2.16. The van der Waals surface area contributed by atoms with Crippen molar-refractivity contribution in [2.24, 2.45) is 0 Å². The molecule has 4 nitrogen and oxygen atoms in total. The second-order valence-corrected chi connectivity index (χ2v) is 4.84. The third-order valence-electron chi connectivity index (χ3n) is 3.24. The summed E-state index contributed by atoms with van der Waals surface area (Å²) >= 11 is 0. The van der Waals surface area contributed by atoms with Crippen molar-refractivity contribution in [3.8, 4) is 0 Å². The van der Waals surface area contributed by atoms with Gasteiger partial charge in [0.1, 0.15) is 5.82 Å². The summed E-state index contributed by atoms with van der Waals surface area (Å²) in [6.45, 7) is 1.81. The normalized spacial score (nSPS) is 10.1. The van der Waals surface area contributed by atoms with Crippen LogP contribution in [0, 0.1) is 12.7 Å². The van der Waals surface area contributed by atoms with Crippen LogP contribution in [0.5, 0.6) is 0 Å². The Balaban J connectivity index is 2.14. The van der Waals surface area contributed by atoms with Crippen LogP contribution in [0.4, 0.5) is 10.1 Å². The van der Waals surface area contributed by atoms with E-state index >= 15 is 0 Å². The number of rotatable bonds is 4. The number of carbonyl (C=O) groups excluding carboxylic acids is 2. The van der Waals surface area contributed by atoms with E-state index in [-0.39, 0.29) is 12.3 Å². The van der Waals surface area contributed by atoms with Gasteiger partial charge >= 0.3 is 5.97 Å². The highest BCUT2D eigenvalue weighted by atomic mass is 19.1. The molecule has 0 aliphatic rings. The maximum absolute atomic E-state index is 13.5. The fraction of sp³-hybridized carbons (Fsp3) is 0.176. The monoisotopic (exact) mass is 301 g/mol. The number of nitrogens with one attached hydrogen (secondary N) is 1. The molecule has 2 aromatic rings. The fourth-order valence-corrected chi connectivity index (χ4v) is 2.01. The lowest BCUT2D eigenvalue weighted by Gasteiger charge is -2.10. The lowest BCUT2D eigenvalue weighted by atomic mass is 10.1. The minimum atomic E-state index is -0.482. The first-order valence-corrected chi connectivity index (χ1v) is 6.73. The number of aryl methyl sites for hydroxylation is 1. The molecule has 0 saturated heterocycles. The Labute approximate surface area is 127 Å². The van der Waals surface area contributed by atoms with Crippen LogP contribution in [-0.2, 0) is 16.0 Å². The average molecular weight is 301 g/mol. The molecule has 1 N–H and O–H groups in total. The van der Waals surface area contributed by atoms with Crippen LogP contribution >= 0.6 is 0 Å². The molecule has 0 radical (unpaired) electrons. The molecule has 0 fully saturated rings. The number of benzene rings is 2. The molecule has 22 heavy (non-hydrogen) atoms. The smallest absolute Gasteiger partial charge is 0.337 e. The molecule has 0 atom stereocenters. The number of methoxy groups -OCH3 is 1. The molecule has 1 amide bonds. The van der Waals surface area contributed by atoms with E-state index in [0.29, 0.717) is 16.8 Å². The molecule has 0 spiro atoms. The Kier molecular flexibility index (Phi) is 4.88. The summed E-state index contributed by atoms with van der Waals surface area (Å²) in [5.41, 5.74) is 1.97. The maximum Gasteiger partial charge on any atom is 0.337 e. The molecule has 0 aliphatic heterocycles. The maximum atomic E-state index is 13.5. The predicted octanol–water partition coefficient (Wildman–Crippen LogP) is 3.10. The van der Waals surface area contributed by atoms with Gasteiger partial charge in [-0.05, 0) is 36.2 Å². The standard InChI is InChI=1S/C17H16FNO3/c1-11-7-8-13(17(21)22-2)9-15(11)19-16(20)10-12-5-3-4-6-14(12)18/h3-9H,10H2,1-2H3,(H,19,20). The SMILES string of the molecule is COC(=O)c1ccc(C)c(NC(=O)Cc2ccccc2F)c1. The van der Waals surface area contributed by atoms with Crippen molar-refractivity contribution in [1.82, 2.24) is 0 Å². The highest BCUT2D eigenvalue weighted by Gasteiger charge is 2.12. The zero-order chi connectivity index (χ0) is 16.1. The largest absolute Gasteiger partial charge is 0.465 e. The quantitative estimate of drug-likeness (QED) is 0.883. The highest BCUT2D eigenvalue weighted by molar-refractivity contribution is 5.96. The molecule has 0 heterocycles. The number of ether oxygens (including phenoxy) is 1. The molecular formula is C17H16FNO3. The first-order chi connectivity index (χ1) is 10.5. The third-order valence-corrected chi connectivity index (χ3v) is 3.24. The first kappa shape index (κ1) is 15.7. The Hall–Kier alpha value is -2.69. The second kappa shape index (κ2) is 6.85. The number of hydrogen-bond acceptors (Lipinski definition) is 3. The van der Waals surface area contributed by atoms with E-state index in [9.17, 15) is 14.0 Å². The number of hydrogen-bond donors (Lipinski definition) is 1. The van der Waals surface area contributed by atoms with E-state index < -0.39 is 11.8 Å². The number of carbonyl (C=O) groups is 2. The highest BCUT2D eigenvalue weighted by Crippen LogP contribution is 2.18. The topological polar surface area (TPSA) is 55.4 Å². The summed E-state index contributed by atoms with van der Waals surface area (Å²) in [4.78, 5) is 23.6.